The average molecular weight is 236 g/mol. The lowest BCUT2D eigenvalue weighted by Gasteiger charge is -2.12. The van der Waals surface area contributed by atoms with Gasteiger partial charge in [0.1, 0.15) is 5.69 Å². The molecule has 1 fully saturated rings. The van der Waals surface area contributed by atoms with Gasteiger partial charge < -0.3 is 11.1 Å². The predicted octanol–water partition coefficient (Wildman–Crippen LogP) is 1.26. The van der Waals surface area contributed by atoms with Gasteiger partial charge in [-0.3, -0.25) is 9.48 Å². The van der Waals surface area contributed by atoms with E-state index in [4.69, 9.17) is 5.73 Å². The third kappa shape index (κ3) is 2.60. The van der Waals surface area contributed by atoms with Crippen molar-refractivity contribution in [3.8, 4) is 0 Å². The van der Waals surface area contributed by atoms with E-state index in [-0.39, 0.29) is 5.91 Å². The zero-order chi connectivity index (χ0) is 12.4. The summed E-state index contributed by atoms with van der Waals surface area (Å²) in [5.74, 6) is 1.23. The van der Waals surface area contributed by atoms with Crippen LogP contribution >= 0.6 is 0 Å². The van der Waals surface area contributed by atoms with Crippen molar-refractivity contribution in [3.05, 3.63) is 11.9 Å². The van der Waals surface area contributed by atoms with Crippen molar-refractivity contribution in [2.45, 2.75) is 33.2 Å². The highest BCUT2D eigenvalue weighted by Gasteiger charge is 2.28. The van der Waals surface area contributed by atoms with Crippen molar-refractivity contribution in [2.75, 3.05) is 12.3 Å². The van der Waals surface area contributed by atoms with Crippen molar-refractivity contribution in [1.29, 1.82) is 0 Å². The first-order chi connectivity index (χ1) is 8.13. The third-order valence-electron chi connectivity index (χ3n) is 3.39. The summed E-state index contributed by atoms with van der Waals surface area (Å²) in [4.78, 5) is 12.0. The van der Waals surface area contributed by atoms with E-state index in [1.165, 1.54) is 19.0 Å². The van der Waals surface area contributed by atoms with Crippen LogP contribution < -0.4 is 11.1 Å². The van der Waals surface area contributed by atoms with E-state index in [0.29, 0.717) is 23.8 Å². The highest BCUT2D eigenvalue weighted by Crippen LogP contribution is 2.36. The minimum absolute atomic E-state index is 0.116. The number of aromatic nitrogens is 2. The largest absolute Gasteiger partial charge is 0.396 e. The molecule has 1 unspecified atom stereocenters. The predicted molar refractivity (Wildman–Crippen MR) is 66.5 cm³/mol. The van der Waals surface area contributed by atoms with Gasteiger partial charge in [0.15, 0.2) is 0 Å². The van der Waals surface area contributed by atoms with Crippen LogP contribution in [0.2, 0.25) is 0 Å². The maximum atomic E-state index is 12.0. The second kappa shape index (κ2) is 4.77. The van der Waals surface area contributed by atoms with E-state index in [2.05, 4.69) is 17.3 Å². The van der Waals surface area contributed by atoms with Crippen LogP contribution in [0.1, 0.15) is 37.2 Å². The Balaban J connectivity index is 1.96. The number of nitrogens with one attached hydrogen (secondary N) is 1. The highest BCUT2D eigenvalue weighted by molar-refractivity contribution is 5.97. The van der Waals surface area contributed by atoms with E-state index < -0.39 is 0 Å². The van der Waals surface area contributed by atoms with Crippen molar-refractivity contribution in [2.24, 2.45) is 11.8 Å². The van der Waals surface area contributed by atoms with Gasteiger partial charge in [-0.15, -0.1) is 0 Å². The van der Waals surface area contributed by atoms with Gasteiger partial charge >= 0.3 is 0 Å². The smallest absolute Gasteiger partial charge is 0.271 e. The van der Waals surface area contributed by atoms with Crippen LogP contribution in [-0.2, 0) is 6.54 Å². The number of carbonyl (C=O) groups excluding carboxylic acids is 1. The Kier molecular flexibility index (Phi) is 3.36. The molecule has 1 atom stereocenters. The number of rotatable bonds is 5. The number of anilines is 1. The fourth-order valence-electron chi connectivity index (χ4n) is 2.06. The van der Waals surface area contributed by atoms with Crippen LogP contribution in [0.25, 0.3) is 0 Å². The summed E-state index contributed by atoms with van der Waals surface area (Å²) in [7, 11) is 0. The maximum absolute atomic E-state index is 12.0. The van der Waals surface area contributed by atoms with Crippen LogP contribution in [-0.4, -0.2) is 22.2 Å². The molecule has 1 amide bonds. The van der Waals surface area contributed by atoms with Crippen LogP contribution in [0.15, 0.2) is 6.20 Å². The minimum Gasteiger partial charge on any atom is -0.396 e. The topological polar surface area (TPSA) is 72.9 Å². The standard InChI is InChI=1S/C12H20N4O/c1-3-16-11(10(13)7-15-16)12(17)14-6-8(2)9-4-5-9/h7-9H,3-6,13H2,1-2H3,(H,14,17). The lowest BCUT2D eigenvalue weighted by Crippen LogP contribution is -2.31. The Morgan fingerprint density at radius 1 is 1.71 bits per heavy atom. The fourth-order valence-corrected chi connectivity index (χ4v) is 2.06. The van der Waals surface area contributed by atoms with E-state index in [1.54, 1.807) is 4.68 Å². The third-order valence-corrected chi connectivity index (χ3v) is 3.39. The molecule has 0 radical (unpaired) electrons. The quantitative estimate of drug-likeness (QED) is 0.808. The Hall–Kier alpha value is -1.52. The van der Waals surface area contributed by atoms with E-state index in [0.717, 1.165) is 12.5 Å². The van der Waals surface area contributed by atoms with Crippen LogP contribution in [0.3, 0.4) is 0 Å². The van der Waals surface area contributed by atoms with Gasteiger partial charge in [0.05, 0.1) is 11.9 Å². The molecule has 1 aromatic heterocycles. The van der Waals surface area contributed by atoms with Crippen LogP contribution in [0.4, 0.5) is 5.69 Å². The van der Waals surface area contributed by atoms with E-state index in [9.17, 15) is 4.79 Å². The molecule has 1 aliphatic carbocycles. The zero-order valence-corrected chi connectivity index (χ0v) is 10.4. The first-order valence-corrected chi connectivity index (χ1v) is 6.23. The molecule has 0 saturated heterocycles. The number of aryl methyl sites for hydroxylation is 1. The number of hydrogen-bond acceptors (Lipinski definition) is 3. The Labute approximate surface area is 101 Å². The second-order valence-corrected chi connectivity index (χ2v) is 4.79. The molecule has 0 aromatic carbocycles. The molecule has 5 heteroatoms. The monoisotopic (exact) mass is 236 g/mol. The highest BCUT2D eigenvalue weighted by atomic mass is 16.2. The Morgan fingerprint density at radius 3 is 3.00 bits per heavy atom. The van der Waals surface area contributed by atoms with E-state index in [1.807, 2.05) is 6.92 Å². The molecule has 1 aromatic rings. The molecule has 94 valence electrons. The number of nitrogens with two attached hydrogens (primary N) is 1. The molecule has 17 heavy (non-hydrogen) atoms. The van der Waals surface area contributed by atoms with Gasteiger partial charge in [0.2, 0.25) is 0 Å². The molecule has 3 N–H and O–H groups in total. The van der Waals surface area contributed by atoms with Gasteiger partial charge in [-0.2, -0.15) is 5.10 Å². The van der Waals surface area contributed by atoms with Crippen molar-refractivity contribution >= 4 is 11.6 Å². The first-order valence-electron chi connectivity index (χ1n) is 6.23. The van der Waals surface area contributed by atoms with Crippen molar-refractivity contribution < 1.29 is 4.79 Å². The molecule has 1 heterocycles. The van der Waals surface area contributed by atoms with Gasteiger partial charge in [-0.05, 0) is 31.6 Å². The SMILES string of the molecule is CCn1ncc(N)c1C(=O)NCC(C)C1CC1. The average Bonchev–Trinajstić information content (AvgIpc) is 3.09. The summed E-state index contributed by atoms with van der Waals surface area (Å²) in [6.07, 6.45) is 4.13. The van der Waals surface area contributed by atoms with Crippen molar-refractivity contribution in [3.63, 3.8) is 0 Å². The summed E-state index contributed by atoms with van der Waals surface area (Å²) in [6, 6.07) is 0. The maximum Gasteiger partial charge on any atom is 0.271 e. The Morgan fingerprint density at radius 2 is 2.41 bits per heavy atom. The van der Waals surface area contributed by atoms with Gasteiger partial charge in [-0.25, -0.2) is 0 Å². The number of nitrogens with zero attached hydrogens (tertiary/aromatic N) is 2. The summed E-state index contributed by atoms with van der Waals surface area (Å²) in [6.45, 7) is 5.49. The summed E-state index contributed by atoms with van der Waals surface area (Å²) < 4.78 is 1.63. The number of hydrogen-bond donors (Lipinski definition) is 2. The van der Waals surface area contributed by atoms with Gasteiger partial charge in [0, 0.05) is 13.1 Å². The fraction of sp³-hybridized carbons (Fsp3) is 0.667. The lowest BCUT2D eigenvalue weighted by atomic mass is 10.1. The lowest BCUT2D eigenvalue weighted by molar-refractivity contribution is 0.0937. The minimum atomic E-state index is -0.116. The second-order valence-electron chi connectivity index (χ2n) is 4.79. The van der Waals surface area contributed by atoms with Crippen LogP contribution in [0.5, 0.6) is 0 Å². The summed E-state index contributed by atoms with van der Waals surface area (Å²) in [5.41, 5.74) is 6.68. The molecule has 1 saturated carbocycles. The molecule has 1 aliphatic rings. The number of nitrogen functional groups attached to an aromatic ring is 1. The van der Waals surface area contributed by atoms with E-state index >= 15 is 0 Å². The Bertz CT molecular complexity index is 409. The molecule has 5 nitrogen and oxygen atoms in total. The molecule has 0 aliphatic heterocycles. The number of amides is 1. The molecule has 2 rings (SSSR count). The van der Waals surface area contributed by atoms with Crippen LogP contribution in [0, 0.1) is 11.8 Å². The van der Waals surface area contributed by atoms with Crippen molar-refractivity contribution in [1.82, 2.24) is 15.1 Å². The first kappa shape index (κ1) is 12.0. The molecular formula is C12H20N4O. The summed E-state index contributed by atoms with van der Waals surface area (Å²) >= 11 is 0. The molecular weight excluding hydrogens is 216 g/mol. The van der Waals surface area contributed by atoms with Gasteiger partial charge in [0.25, 0.3) is 5.91 Å². The number of carbonyl (C=O) groups is 1. The molecule has 0 bridgehead atoms. The normalized spacial score (nSPS) is 16.8. The molecule has 0 spiro atoms. The zero-order valence-electron chi connectivity index (χ0n) is 10.4. The summed E-state index contributed by atoms with van der Waals surface area (Å²) in [5, 5.41) is 7.00. The van der Waals surface area contributed by atoms with Gasteiger partial charge in [-0.1, -0.05) is 6.92 Å².